The van der Waals surface area contributed by atoms with Crippen molar-refractivity contribution in [1.29, 1.82) is 0 Å². The van der Waals surface area contributed by atoms with Gasteiger partial charge in [-0.1, -0.05) is 36.0 Å². The minimum atomic E-state index is -1.31. The van der Waals surface area contributed by atoms with Crippen LogP contribution in [-0.2, 0) is 11.0 Å². The van der Waals surface area contributed by atoms with Crippen molar-refractivity contribution in [3.05, 3.63) is 59.2 Å². The summed E-state index contributed by atoms with van der Waals surface area (Å²) in [5.41, 5.74) is 2.10. The normalized spacial score (nSPS) is 28.2. The minimum absolute atomic E-state index is 0.178. The maximum absolute atomic E-state index is 13.6. The molecule has 3 rings (SSSR count). The van der Waals surface area contributed by atoms with Gasteiger partial charge >= 0.3 is 0 Å². The second-order valence-corrected chi connectivity index (χ2v) is 10.3. The third kappa shape index (κ3) is 6.19. The summed E-state index contributed by atoms with van der Waals surface area (Å²) in [6.07, 6.45) is 13.7. The lowest BCUT2D eigenvalue weighted by molar-refractivity contribution is -0.0493. The highest BCUT2D eigenvalue weighted by Crippen LogP contribution is 2.43. The molecule has 0 aromatic rings. The molecule has 1 heterocycles. The fraction of sp³-hybridized carbons (Fsp3) is 0.583. The third-order valence-corrected chi connectivity index (χ3v) is 8.38. The van der Waals surface area contributed by atoms with Crippen LogP contribution in [0.2, 0.25) is 0 Å². The van der Waals surface area contributed by atoms with Gasteiger partial charge in [-0.25, -0.2) is 8.60 Å². The van der Waals surface area contributed by atoms with Crippen molar-refractivity contribution in [3.8, 4) is 0 Å². The quantitative estimate of drug-likeness (QED) is 0.272. The van der Waals surface area contributed by atoms with Crippen molar-refractivity contribution in [2.45, 2.75) is 57.4 Å². The number of hydrogen-bond donors (Lipinski definition) is 2. The van der Waals surface area contributed by atoms with E-state index in [0.29, 0.717) is 31.7 Å². The molecular weight excluding hydrogens is 437 g/mol. The molecule has 0 bridgehead atoms. The van der Waals surface area contributed by atoms with Crippen molar-refractivity contribution in [2.24, 2.45) is 17.8 Å². The first-order valence-electron chi connectivity index (χ1n) is 11.1. The number of aliphatic hydroxyl groups is 2. The molecule has 0 radical (unpaired) electrons. The zero-order valence-corrected chi connectivity index (χ0v) is 19.4. The maximum Gasteiger partial charge on any atom is 0.151 e. The van der Waals surface area contributed by atoms with Gasteiger partial charge in [0.2, 0.25) is 0 Å². The molecule has 2 aliphatic carbocycles. The number of allylic oxidation sites excluding steroid dienone is 9. The Morgan fingerprint density at radius 1 is 1.45 bits per heavy atom. The number of alkyl halides is 2. The number of halogens is 2. The lowest BCUT2D eigenvalue weighted by Gasteiger charge is -2.28. The predicted molar refractivity (Wildman–Crippen MR) is 125 cm³/mol. The van der Waals surface area contributed by atoms with Gasteiger partial charge in [-0.05, 0) is 56.4 Å². The largest absolute Gasteiger partial charge is 0.368 e. The van der Waals surface area contributed by atoms with Gasteiger partial charge in [0.1, 0.15) is 17.2 Å². The van der Waals surface area contributed by atoms with Gasteiger partial charge in [-0.15, -0.1) is 18.2 Å². The number of hydrogen-bond acceptors (Lipinski definition) is 3. The Morgan fingerprint density at radius 3 is 2.97 bits per heavy atom. The summed E-state index contributed by atoms with van der Waals surface area (Å²) in [5.74, 6) is 1.05. The Balaban J connectivity index is 1.71. The van der Waals surface area contributed by atoms with E-state index in [9.17, 15) is 18.8 Å². The molecule has 4 unspecified atom stereocenters. The van der Waals surface area contributed by atoms with Crippen LogP contribution in [-0.4, -0.2) is 43.6 Å². The van der Waals surface area contributed by atoms with E-state index in [1.165, 1.54) is 6.08 Å². The molecule has 7 heteroatoms. The Labute approximate surface area is 192 Å². The molecule has 172 valence electrons. The van der Waals surface area contributed by atoms with Crippen molar-refractivity contribution in [3.63, 3.8) is 0 Å². The van der Waals surface area contributed by atoms with Crippen LogP contribution >= 0.6 is 11.6 Å². The first-order valence-corrected chi connectivity index (χ1v) is 12.7. The van der Waals surface area contributed by atoms with Crippen LogP contribution in [0.5, 0.6) is 0 Å². The molecule has 4 nitrogen and oxygen atoms in total. The van der Waals surface area contributed by atoms with Gasteiger partial charge in [0.15, 0.2) is 6.29 Å². The first kappa shape index (κ1) is 24.4. The molecule has 2 N–H and O–H groups in total. The molecule has 0 amide bonds. The van der Waals surface area contributed by atoms with Crippen LogP contribution in [0.4, 0.5) is 4.39 Å². The summed E-state index contributed by atoms with van der Waals surface area (Å²) in [7, 11) is -1.28. The van der Waals surface area contributed by atoms with E-state index < -0.39 is 23.4 Å². The smallest absolute Gasteiger partial charge is 0.151 e. The van der Waals surface area contributed by atoms with E-state index in [-0.39, 0.29) is 24.2 Å². The average molecular weight is 470 g/mol. The standard InChI is InChI=1S/C24H33ClFNO3S/c1-2-20(26)12-10-18(15-25)17-6-5-7-21(14-17)31(30)27-16-19(11-13-24(28)29)22-8-3-4-9-23(22)27/h2-4,7,9-10,17,19-20,22,24,28-29H,1,5-6,8,11-16H2/b18-10+/t17?,19?,20?,22-,31?/m0/s1. The molecule has 1 aliphatic heterocycles. The molecule has 31 heavy (non-hydrogen) atoms. The van der Waals surface area contributed by atoms with Crippen LogP contribution in [0.1, 0.15) is 44.9 Å². The topological polar surface area (TPSA) is 60.8 Å². The van der Waals surface area contributed by atoms with E-state index in [2.05, 4.69) is 18.7 Å². The van der Waals surface area contributed by atoms with Crippen LogP contribution in [0, 0.1) is 17.8 Å². The molecule has 0 aromatic carbocycles. The van der Waals surface area contributed by atoms with Gasteiger partial charge < -0.3 is 10.2 Å². The summed E-state index contributed by atoms with van der Waals surface area (Å²) in [4.78, 5) is 0.907. The highest BCUT2D eigenvalue weighted by molar-refractivity contribution is 7.86. The maximum atomic E-state index is 13.6. The van der Waals surface area contributed by atoms with Crippen molar-refractivity contribution < 1.29 is 18.8 Å². The van der Waals surface area contributed by atoms with E-state index in [1.807, 2.05) is 22.5 Å². The summed E-state index contributed by atoms with van der Waals surface area (Å²) >= 11 is 6.17. The summed E-state index contributed by atoms with van der Waals surface area (Å²) in [6, 6.07) is 0. The molecule has 1 saturated heterocycles. The molecule has 0 saturated carbocycles. The van der Waals surface area contributed by atoms with Crippen LogP contribution in [0.25, 0.3) is 0 Å². The van der Waals surface area contributed by atoms with Crippen molar-refractivity contribution in [2.75, 3.05) is 12.4 Å². The fourth-order valence-electron chi connectivity index (χ4n) is 4.77. The van der Waals surface area contributed by atoms with E-state index in [4.69, 9.17) is 11.6 Å². The van der Waals surface area contributed by atoms with Gasteiger partial charge in [-0.3, -0.25) is 4.31 Å². The molecule has 3 aliphatic rings. The zero-order valence-electron chi connectivity index (χ0n) is 17.8. The fourth-order valence-corrected chi connectivity index (χ4v) is 6.70. The van der Waals surface area contributed by atoms with Crippen molar-refractivity contribution in [1.82, 2.24) is 4.31 Å². The zero-order chi connectivity index (χ0) is 22.4. The monoisotopic (exact) mass is 469 g/mol. The Bertz CT molecular complexity index is 792. The van der Waals surface area contributed by atoms with Gasteiger partial charge in [0.05, 0.1) is 0 Å². The Hall–Kier alpha value is -1.21. The van der Waals surface area contributed by atoms with Gasteiger partial charge in [0, 0.05) is 35.4 Å². The second-order valence-electron chi connectivity index (χ2n) is 8.54. The van der Waals surface area contributed by atoms with E-state index >= 15 is 0 Å². The second kappa shape index (κ2) is 11.6. The molecule has 0 spiro atoms. The number of aliphatic hydroxyl groups excluding tert-OH is 1. The van der Waals surface area contributed by atoms with E-state index in [1.54, 1.807) is 0 Å². The summed E-state index contributed by atoms with van der Waals surface area (Å²) < 4.78 is 29.2. The van der Waals surface area contributed by atoms with E-state index in [0.717, 1.165) is 35.4 Å². The van der Waals surface area contributed by atoms with Gasteiger partial charge in [0.25, 0.3) is 0 Å². The molecule has 0 aromatic heterocycles. The Kier molecular flexibility index (Phi) is 9.14. The highest BCUT2D eigenvalue weighted by atomic mass is 35.5. The van der Waals surface area contributed by atoms with Crippen LogP contribution in [0.15, 0.2) is 59.2 Å². The molecule has 5 atom stereocenters. The Morgan fingerprint density at radius 2 is 2.26 bits per heavy atom. The summed E-state index contributed by atoms with van der Waals surface area (Å²) in [5, 5.41) is 18.6. The lowest BCUT2D eigenvalue weighted by atomic mass is 9.85. The minimum Gasteiger partial charge on any atom is -0.368 e. The third-order valence-electron chi connectivity index (χ3n) is 6.52. The summed E-state index contributed by atoms with van der Waals surface area (Å²) in [6.45, 7) is 4.14. The number of fused-ring (bicyclic) bond motifs is 1. The molecule has 1 fully saturated rings. The lowest BCUT2D eigenvalue weighted by Crippen LogP contribution is -2.26. The number of nitrogens with zero attached hydrogens (tertiary/aromatic N) is 1. The SMILES string of the molecule is C=CC(F)C/C=C(\CCl)C1CCC=C(S(=O)N2CC(CCC(O)O)[C@@H]3CC=CC=C32)C1. The van der Waals surface area contributed by atoms with Crippen LogP contribution < -0.4 is 0 Å². The number of rotatable bonds is 10. The van der Waals surface area contributed by atoms with Crippen LogP contribution in [0.3, 0.4) is 0 Å². The molecular formula is C24H33ClFNO3S. The average Bonchev–Trinajstić information content (AvgIpc) is 3.16. The van der Waals surface area contributed by atoms with Crippen molar-refractivity contribution >= 4 is 22.6 Å². The van der Waals surface area contributed by atoms with Gasteiger partial charge in [-0.2, -0.15) is 0 Å². The predicted octanol–water partition coefficient (Wildman–Crippen LogP) is 4.90. The highest BCUT2D eigenvalue weighted by Gasteiger charge is 2.40. The first-order chi connectivity index (χ1) is 14.9.